The van der Waals surface area contributed by atoms with E-state index in [1.54, 1.807) is 20.8 Å². The van der Waals surface area contributed by atoms with Gasteiger partial charge in [0.2, 0.25) is 5.72 Å². The van der Waals surface area contributed by atoms with Crippen molar-refractivity contribution in [1.82, 2.24) is 4.90 Å². The molecule has 0 saturated carbocycles. The van der Waals surface area contributed by atoms with Gasteiger partial charge >= 0.3 is 12.1 Å². The zero-order valence-corrected chi connectivity index (χ0v) is 9.69. The van der Waals surface area contributed by atoms with E-state index in [-0.39, 0.29) is 13.0 Å². The van der Waals surface area contributed by atoms with Crippen LogP contribution in [0.4, 0.5) is 4.79 Å². The van der Waals surface area contributed by atoms with Crippen LogP contribution in [0.1, 0.15) is 33.6 Å². The number of aliphatic hydroxyl groups is 1. The highest BCUT2D eigenvalue weighted by molar-refractivity contribution is 5.83. The van der Waals surface area contributed by atoms with Crippen LogP contribution in [-0.2, 0) is 9.53 Å². The number of carbonyl (C=O) groups excluding carboxylic acids is 1. The zero-order valence-electron chi connectivity index (χ0n) is 9.69. The van der Waals surface area contributed by atoms with Crippen LogP contribution in [0, 0.1) is 0 Å². The molecule has 2 N–H and O–H groups in total. The quantitative estimate of drug-likeness (QED) is 0.696. The van der Waals surface area contributed by atoms with Gasteiger partial charge in [0.25, 0.3) is 0 Å². The van der Waals surface area contributed by atoms with Crippen molar-refractivity contribution in [2.24, 2.45) is 0 Å². The lowest BCUT2D eigenvalue weighted by Gasteiger charge is -2.31. The Morgan fingerprint density at radius 3 is 2.38 bits per heavy atom. The average Bonchev–Trinajstić information content (AvgIpc) is 2.45. The third kappa shape index (κ3) is 2.44. The first-order chi connectivity index (χ1) is 7.17. The van der Waals surface area contributed by atoms with Gasteiger partial charge in [-0.15, -0.1) is 0 Å². The van der Waals surface area contributed by atoms with E-state index in [0.29, 0.717) is 6.42 Å². The van der Waals surface area contributed by atoms with Gasteiger partial charge in [0.15, 0.2) is 0 Å². The highest BCUT2D eigenvalue weighted by atomic mass is 16.6. The number of ether oxygens (including phenoxy) is 1. The molecule has 1 aliphatic rings. The predicted molar refractivity (Wildman–Crippen MR) is 54.8 cm³/mol. The number of rotatable bonds is 1. The Morgan fingerprint density at radius 2 is 1.94 bits per heavy atom. The molecule has 0 radical (unpaired) electrons. The smallest absolute Gasteiger partial charge is 0.413 e. The third-order valence-electron chi connectivity index (χ3n) is 2.31. The summed E-state index contributed by atoms with van der Waals surface area (Å²) in [6.45, 7) is 5.24. The van der Waals surface area contributed by atoms with Crippen molar-refractivity contribution in [3.05, 3.63) is 0 Å². The van der Waals surface area contributed by atoms with Crippen molar-refractivity contribution in [2.45, 2.75) is 44.9 Å². The number of carboxylic acid groups (broad SMARTS) is 1. The van der Waals surface area contributed by atoms with E-state index >= 15 is 0 Å². The topological polar surface area (TPSA) is 87.1 Å². The van der Waals surface area contributed by atoms with Crippen LogP contribution in [0.3, 0.4) is 0 Å². The lowest BCUT2D eigenvalue weighted by molar-refractivity contribution is -0.174. The van der Waals surface area contributed by atoms with Crippen molar-refractivity contribution < 1.29 is 24.5 Å². The highest BCUT2D eigenvalue weighted by Crippen LogP contribution is 2.28. The fourth-order valence-corrected chi connectivity index (χ4v) is 1.59. The van der Waals surface area contributed by atoms with E-state index in [1.807, 2.05) is 0 Å². The highest BCUT2D eigenvalue weighted by Gasteiger charge is 2.50. The van der Waals surface area contributed by atoms with Gasteiger partial charge in [-0.05, 0) is 27.2 Å². The monoisotopic (exact) mass is 231 g/mol. The number of amides is 1. The predicted octanol–water partition coefficient (Wildman–Crippen LogP) is 0.790. The van der Waals surface area contributed by atoms with E-state index in [0.717, 1.165) is 4.90 Å². The molecule has 1 heterocycles. The summed E-state index contributed by atoms with van der Waals surface area (Å²) >= 11 is 0. The van der Waals surface area contributed by atoms with Gasteiger partial charge in [-0.1, -0.05) is 0 Å². The minimum absolute atomic E-state index is 0.0293. The maximum Gasteiger partial charge on any atom is 0.413 e. The van der Waals surface area contributed by atoms with Gasteiger partial charge in [-0.25, -0.2) is 9.59 Å². The standard InChI is InChI=1S/C10H17NO5/c1-9(2,3)16-8(14)11-6-4-5-10(11,15)7(12)13/h15H,4-6H2,1-3H3,(H,12,13). The van der Waals surface area contributed by atoms with Crippen molar-refractivity contribution in [2.75, 3.05) is 6.54 Å². The summed E-state index contributed by atoms with van der Waals surface area (Å²) in [7, 11) is 0. The Bertz CT molecular complexity index is 309. The molecule has 92 valence electrons. The number of nitrogens with zero attached hydrogens (tertiary/aromatic N) is 1. The Hall–Kier alpha value is -1.30. The average molecular weight is 231 g/mol. The number of aliphatic carboxylic acids is 1. The van der Waals surface area contributed by atoms with Gasteiger partial charge < -0.3 is 14.9 Å². The van der Waals surface area contributed by atoms with Crippen molar-refractivity contribution in [3.8, 4) is 0 Å². The molecule has 1 unspecified atom stereocenters. The first kappa shape index (κ1) is 12.8. The van der Waals surface area contributed by atoms with Gasteiger partial charge in [-0.2, -0.15) is 0 Å². The molecule has 1 saturated heterocycles. The molecule has 1 amide bonds. The molecule has 16 heavy (non-hydrogen) atoms. The number of hydrogen-bond donors (Lipinski definition) is 2. The maximum atomic E-state index is 11.7. The van der Waals surface area contributed by atoms with Crippen molar-refractivity contribution in [1.29, 1.82) is 0 Å². The summed E-state index contributed by atoms with van der Waals surface area (Å²) in [5.41, 5.74) is -2.83. The minimum Gasteiger partial charge on any atom is -0.478 e. The molecule has 1 aliphatic heterocycles. The van der Waals surface area contributed by atoms with Gasteiger partial charge in [0.1, 0.15) is 5.60 Å². The van der Waals surface area contributed by atoms with Crippen LogP contribution in [0.2, 0.25) is 0 Å². The molecule has 0 aromatic carbocycles. The molecular formula is C10H17NO5. The Morgan fingerprint density at radius 1 is 1.38 bits per heavy atom. The summed E-state index contributed by atoms with van der Waals surface area (Å²) in [4.78, 5) is 23.4. The Balaban J connectivity index is 2.80. The van der Waals surface area contributed by atoms with E-state index in [4.69, 9.17) is 9.84 Å². The molecule has 6 nitrogen and oxygen atoms in total. The first-order valence-corrected chi connectivity index (χ1v) is 5.13. The van der Waals surface area contributed by atoms with Crippen molar-refractivity contribution in [3.63, 3.8) is 0 Å². The SMILES string of the molecule is CC(C)(C)OC(=O)N1CCCC1(O)C(=O)O. The largest absolute Gasteiger partial charge is 0.478 e. The summed E-state index contributed by atoms with van der Waals surface area (Å²) in [6.07, 6.45) is -0.321. The molecular weight excluding hydrogens is 214 g/mol. The van der Waals surface area contributed by atoms with E-state index < -0.39 is 23.4 Å². The summed E-state index contributed by atoms with van der Waals surface area (Å²) in [5, 5.41) is 18.7. The number of carboxylic acids is 1. The lowest BCUT2D eigenvalue weighted by Crippen LogP contribution is -2.54. The summed E-state index contributed by atoms with van der Waals surface area (Å²) < 4.78 is 5.03. The second kappa shape index (κ2) is 3.93. The zero-order chi connectivity index (χ0) is 12.6. The van der Waals surface area contributed by atoms with Crippen LogP contribution in [-0.4, -0.2) is 45.0 Å². The summed E-state index contributed by atoms with van der Waals surface area (Å²) in [5.74, 6) is -1.42. The number of carbonyl (C=O) groups is 2. The summed E-state index contributed by atoms with van der Waals surface area (Å²) in [6, 6.07) is 0. The molecule has 1 fully saturated rings. The first-order valence-electron chi connectivity index (χ1n) is 5.13. The fourth-order valence-electron chi connectivity index (χ4n) is 1.59. The number of hydrogen-bond acceptors (Lipinski definition) is 4. The normalized spacial score (nSPS) is 25.6. The van der Waals surface area contributed by atoms with Gasteiger partial charge in [-0.3, -0.25) is 4.90 Å². The van der Waals surface area contributed by atoms with Gasteiger partial charge in [0.05, 0.1) is 0 Å². The third-order valence-corrected chi connectivity index (χ3v) is 2.31. The molecule has 1 atom stereocenters. The fraction of sp³-hybridized carbons (Fsp3) is 0.800. The Labute approximate surface area is 93.8 Å². The molecule has 0 aromatic heterocycles. The van der Waals surface area contributed by atoms with Crippen LogP contribution >= 0.6 is 0 Å². The van der Waals surface area contributed by atoms with E-state index in [2.05, 4.69) is 0 Å². The van der Waals surface area contributed by atoms with Gasteiger partial charge in [0, 0.05) is 13.0 Å². The van der Waals surface area contributed by atoms with E-state index in [9.17, 15) is 14.7 Å². The maximum absolute atomic E-state index is 11.7. The minimum atomic E-state index is -2.12. The molecule has 0 spiro atoms. The molecule has 0 aliphatic carbocycles. The lowest BCUT2D eigenvalue weighted by atomic mass is 10.1. The molecule has 1 rings (SSSR count). The molecule has 0 bridgehead atoms. The molecule has 6 heteroatoms. The Kier molecular flexibility index (Phi) is 3.14. The van der Waals surface area contributed by atoms with Crippen LogP contribution < -0.4 is 0 Å². The number of likely N-dealkylation sites (tertiary alicyclic amines) is 1. The second-order valence-corrected chi connectivity index (χ2v) is 4.86. The van der Waals surface area contributed by atoms with Crippen LogP contribution in [0.25, 0.3) is 0 Å². The second-order valence-electron chi connectivity index (χ2n) is 4.86. The van der Waals surface area contributed by atoms with Crippen molar-refractivity contribution >= 4 is 12.1 Å². The van der Waals surface area contributed by atoms with E-state index in [1.165, 1.54) is 0 Å². The molecule has 0 aromatic rings. The van der Waals surface area contributed by atoms with Crippen LogP contribution in [0.15, 0.2) is 0 Å². The van der Waals surface area contributed by atoms with Crippen LogP contribution in [0.5, 0.6) is 0 Å².